The number of carboxylic acids is 1. The Morgan fingerprint density at radius 3 is 2.90 bits per heavy atom. The maximum atomic E-state index is 12.1. The molecule has 0 fully saturated rings. The molecule has 0 spiro atoms. The minimum Gasteiger partial charge on any atom is -0.481 e. The van der Waals surface area contributed by atoms with Crippen molar-refractivity contribution < 1.29 is 14.7 Å². The van der Waals surface area contributed by atoms with E-state index in [1.807, 2.05) is 13.0 Å². The van der Waals surface area contributed by atoms with Gasteiger partial charge in [0.25, 0.3) is 5.91 Å². The van der Waals surface area contributed by atoms with Gasteiger partial charge in [-0.15, -0.1) is 0 Å². The van der Waals surface area contributed by atoms with Crippen molar-refractivity contribution in [3.63, 3.8) is 0 Å². The molecule has 1 aromatic heterocycles. The Balaban J connectivity index is 2.06. The maximum Gasteiger partial charge on any atom is 0.305 e. The van der Waals surface area contributed by atoms with Gasteiger partial charge in [0.15, 0.2) is 0 Å². The number of nitrogens with one attached hydrogen (secondary N) is 1. The molecule has 2 N–H and O–H groups in total. The molecule has 0 aliphatic carbocycles. The highest BCUT2D eigenvalue weighted by molar-refractivity contribution is 6.31. The van der Waals surface area contributed by atoms with Gasteiger partial charge in [0.05, 0.1) is 24.7 Å². The SMILES string of the molecule is Cc1ccc(Cl)cc1NC(=O)c1cnn(CCC(=O)O)c1. The molecular formula is C14H14ClN3O3. The summed E-state index contributed by atoms with van der Waals surface area (Å²) in [5, 5.41) is 15.9. The number of nitrogens with zero attached hydrogens (tertiary/aromatic N) is 2. The summed E-state index contributed by atoms with van der Waals surface area (Å²) >= 11 is 5.90. The fourth-order valence-electron chi connectivity index (χ4n) is 1.74. The molecule has 1 amide bonds. The number of carbonyl (C=O) groups excluding carboxylic acids is 1. The molecule has 2 aromatic rings. The number of benzene rings is 1. The lowest BCUT2D eigenvalue weighted by atomic mass is 10.2. The summed E-state index contributed by atoms with van der Waals surface area (Å²) in [5.74, 6) is -1.23. The standard InChI is InChI=1S/C14H14ClN3O3/c1-9-2-3-11(15)6-12(9)17-14(21)10-7-16-18(8-10)5-4-13(19)20/h2-3,6-8H,4-5H2,1H3,(H,17,21)(H,19,20). The smallest absolute Gasteiger partial charge is 0.305 e. The van der Waals surface area contributed by atoms with E-state index < -0.39 is 5.97 Å². The Morgan fingerprint density at radius 1 is 1.43 bits per heavy atom. The molecule has 0 radical (unpaired) electrons. The molecule has 21 heavy (non-hydrogen) atoms. The average molecular weight is 308 g/mol. The molecule has 0 aliphatic rings. The van der Waals surface area contributed by atoms with E-state index in [2.05, 4.69) is 10.4 Å². The first-order chi connectivity index (χ1) is 9.95. The third kappa shape index (κ3) is 4.06. The Hall–Kier alpha value is -2.34. The van der Waals surface area contributed by atoms with Crippen LogP contribution in [-0.4, -0.2) is 26.8 Å². The number of aliphatic carboxylic acids is 1. The zero-order valence-corrected chi connectivity index (χ0v) is 12.1. The molecular weight excluding hydrogens is 294 g/mol. The summed E-state index contributed by atoms with van der Waals surface area (Å²) < 4.78 is 1.42. The van der Waals surface area contributed by atoms with Crippen molar-refractivity contribution >= 4 is 29.2 Å². The molecule has 6 nitrogen and oxygen atoms in total. The van der Waals surface area contributed by atoms with E-state index in [1.165, 1.54) is 17.1 Å². The van der Waals surface area contributed by atoms with Crippen molar-refractivity contribution in [3.05, 3.63) is 46.7 Å². The van der Waals surface area contributed by atoms with E-state index in [-0.39, 0.29) is 18.9 Å². The number of aromatic nitrogens is 2. The third-order valence-corrected chi connectivity index (χ3v) is 3.13. The van der Waals surface area contributed by atoms with E-state index in [0.29, 0.717) is 16.3 Å². The van der Waals surface area contributed by atoms with Gasteiger partial charge >= 0.3 is 5.97 Å². The van der Waals surface area contributed by atoms with Crippen LogP contribution in [0.3, 0.4) is 0 Å². The van der Waals surface area contributed by atoms with Crippen molar-refractivity contribution in [2.45, 2.75) is 19.9 Å². The molecule has 0 saturated carbocycles. The first-order valence-electron chi connectivity index (χ1n) is 6.27. The zero-order valence-electron chi connectivity index (χ0n) is 11.3. The summed E-state index contributed by atoms with van der Waals surface area (Å²) in [6.45, 7) is 2.08. The van der Waals surface area contributed by atoms with Crippen LogP contribution in [0.1, 0.15) is 22.3 Å². The topological polar surface area (TPSA) is 84.2 Å². The number of carbonyl (C=O) groups is 2. The number of carboxylic acid groups (broad SMARTS) is 1. The van der Waals surface area contributed by atoms with Crippen molar-refractivity contribution in [1.29, 1.82) is 0 Å². The number of anilines is 1. The molecule has 0 unspecified atom stereocenters. The van der Waals surface area contributed by atoms with Crippen molar-refractivity contribution in [3.8, 4) is 0 Å². The fourth-order valence-corrected chi connectivity index (χ4v) is 1.91. The lowest BCUT2D eigenvalue weighted by Gasteiger charge is -2.07. The molecule has 1 aromatic carbocycles. The van der Waals surface area contributed by atoms with Crippen LogP contribution >= 0.6 is 11.6 Å². The van der Waals surface area contributed by atoms with Gasteiger partial charge in [0.1, 0.15) is 0 Å². The van der Waals surface area contributed by atoms with Crippen LogP contribution in [0.2, 0.25) is 5.02 Å². The van der Waals surface area contributed by atoms with Gasteiger partial charge in [0.2, 0.25) is 0 Å². The van der Waals surface area contributed by atoms with Crippen molar-refractivity contribution in [2.24, 2.45) is 0 Å². The highest BCUT2D eigenvalue weighted by Crippen LogP contribution is 2.20. The molecule has 110 valence electrons. The summed E-state index contributed by atoms with van der Waals surface area (Å²) in [6.07, 6.45) is 2.87. The van der Waals surface area contributed by atoms with Gasteiger partial charge in [-0.25, -0.2) is 0 Å². The molecule has 0 saturated heterocycles. The number of aryl methyl sites for hydroxylation is 2. The largest absolute Gasteiger partial charge is 0.481 e. The molecule has 0 bridgehead atoms. The average Bonchev–Trinajstić information content (AvgIpc) is 2.89. The highest BCUT2D eigenvalue weighted by Gasteiger charge is 2.11. The lowest BCUT2D eigenvalue weighted by Crippen LogP contribution is -2.12. The molecule has 0 aliphatic heterocycles. The molecule has 0 atom stereocenters. The van der Waals surface area contributed by atoms with Gasteiger partial charge in [-0.2, -0.15) is 5.10 Å². The van der Waals surface area contributed by atoms with Gasteiger partial charge in [-0.3, -0.25) is 14.3 Å². The van der Waals surface area contributed by atoms with Crippen LogP contribution in [0.5, 0.6) is 0 Å². The second kappa shape index (κ2) is 6.41. The summed E-state index contributed by atoms with van der Waals surface area (Å²) in [5.41, 5.74) is 1.89. The second-order valence-corrected chi connectivity index (χ2v) is 4.99. The highest BCUT2D eigenvalue weighted by atomic mass is 35.5. The van der Waals surface area contributed by atoms with Gasteiger partial charge in [-0.1, -0.05) is 17.7 Å². The minimum absolute atomic E-state index is 0.0455. The predicted octanol–water partition coefficient (Wildman–Crippen LogP) is 2.57. The number of rotatable bonds is 5. The van der Waals surface area contributed by atoms with Crippen LogP contribution in [-0.2, 0) is 11.3 Å². The zero-order chi connectivity index (χ0) is 15.4. The molecule has 7 heteroatoms. The predicted molar refractivity (Wildman–Crippen MR) is 78.6 cm³/mol. The third-order valence-electron chi connectivity index (χ3n) is 2.90. The van der Waals surface area contributed by atoms with Crippen LogP contribution < -0.4 is 5.32 Å². The maximum absolute atomic E-state index is 12.1. The lowest BCUT2D eigenvalue weighted by molar-refractivity contribution is -0.137. The molecule has 2 rings (SSSR count). The number of hydrogen-bond donors (Lipinski definition) is 2. The summed E-state index contributed by atoms with van der Waals surface area (Å²) in [6, 6.07) is 5.23. The van der Waals surface area contributed by atoms with Crippen molar-refractivity contribution in [2.75, 3.05) is 5.32 Å². The van der Waals surface area contributed by atoms with E-state index in [9.17, 15) is 9.59 Å². The number of amides is 1. The number of halogens is 1. The minimum atomic E-state index is -0.911. The Kier molecular flexibility index (Phi) is 4.59. The molecule has 1 heterocycles. The van der Waals surface area contributed by atoms with Crippen molar-refractivity contribution in [1.82, 2.24) is 9.78 Å². The van der Waals surface area contributed by atoms with E-state index >= 15 is 0 Å². The summed E-state index contributed by atoms with van der Waals surface area (Å²) in [4.78, 5) is 22.6. The normalized spacial score (nSPS) is 10.4. The van der Waals surface area contributed by atoms with Crippen LogP contribution in [0.4, 0.5) is 5.69 Å². The van der Waals surface area contributed by atoms with E-state index in [1.54, 1.807) is 12.1 Å². The van der Waals surface area contributed by atoms with Gasteiger partial charge in [0, 0.05) is 16.9 Å². The van der Waals surface area contributed by atoms with Gasteiger partial charge < -0.3 is 10.4 Å². The van der Waals surface area contributed by atoms with E-state index in [0.717, 1.165) is 5.56 Å². The van der Waals surface area contributed by atoms with Crippen LogP contribution in [0, 0.1) is 6.92 Å². The van der Waals surface area contributed by atoms with Crippen LogP contribution in [0.15, 0.2) is 30.6 Å². The first-order valence-corrected chi connectivity index (χ1v) is 6.65. The first kappa shape index (κ1) is 15.1. The Labute approximate surface area is 126 Å². The van der Waals surface area contributed by atoms with Crippen LogP contribution in [0.25, 0.3) is 0 Å². The van der Waals surface area contributed by atoms with E-state index in [4.69, 9.17) is 16.7 Å². The fraction of sp³-hybridized carbons (Fsp3) is 0.214. The summed E-state index contributed by atoms with van der Waals surface area (Å²) in [7, 11) is 0. The Bertz CT molecular complexity index is 682. The second-order valence-electron chi connectivity index (χ2n) is 4.55. The quantitative estimate of drug-likeness (QED) is 0.889. The monoisotopic (exact) mass is 307 g/mol. The number of hydrogen-bond acceptors (Lipinski definition) is 3. The Morgan fingerprint density at radius 2 is 2.19 bits per heavy atom. The van der Waals surface area contributed by atoms with Gasteiger partial charge in [-0.05, 0) is 24.6 Å².